The third-order valence-corrected chi connectivity index (χ3v) is 6.17. The van der Waals surface area contributed by atoms with Gasteiger partial charge >= 0.3 is 0 Å². The van der Waals surface area contributed by atoms with Gasteiger partial charge in [-0.3, -0.25) is 0 Å². The van der Waals surface area contributed by atoms with Gasteiger partial charge in [-0.2, -0.15) is 0 Å². The first-order valence-corrected chi connectivity index (χ1v) is 9.58. The van der Waals surface area contributed by atoms with Crippen LogP contribution in [0, 0.1) is 5.92 Å². The zero-order chi connectivity index (χ0) is 14.5. The predicted molar refractivity (Wildman–Crippen MR) is 89.7 cm³/mol. The molecule has 2 saturated heterocycles. The van der Waals surface area contributed by atoms with E-state index in [2.05, 4.69) is 22.5 Å². The largest absolute Gasteiger partial charge is 0.314 e. The van der Waals surface area contributed by atoms with Gasteiger partial charge in [0, 0.05) is 18.1 Å². The summed E-state index contributed by atoms with van der Waals surface area (Å²) in [5.41, 5.74) is 0. The summed E-state index contributed by atoms with van der Waals surface area (Å²) in [7, 11) is 0. The van der Waals surface area contributed by atoms with Crippen LogP contribution in [0.25, 0.3) is 0 Å². The quantitative estimate of drug-likeness (QED) is 0.834. The molecule has 3 rings (SSSR count). The Morgan fingerprint density at radius 3 is 2.43 bits per heavy atom. The summed E-state index contributed by atoms with van der Waals surface area (Å²) >= 11 is 0. The maximum atomic E-state index is 4.08. The minimum absolute atomic E-state index is 0.780. The number of nitrogens with one attached hydrogen (secondary N) is 2. The summed E-state index contributed by atoms with van der Waals surface area (Å²) in [4.78, 5) is 2.60. The van der Waals surface area contributed by atoms with Gasteiger partial charge in [-0.1, -0.05) is 26.2 Å². The summed E-state index contributed by atoms with van der Waals surface area (Å²) in [5.74, 6) is 0.892. The normalized spacial score (nSPS) is 36.7. The van der Waals surface area contributed by atoms with E-state index in [1.807, 2.05) is 0 Å². The zero-order valence-electron chi connectivity index (χ0n) is 13.9. The fraction of sp³-hybridized carbons (Fsp3) is 1.00. The van der Waals surface area contributed by atoms with Crippen molar-refractivity contribution in [1.29, 1.82) is 0 Å². The second-order valence-corrected chi connectivity index (χ2v) is 7.49. The van der Waals surface area contributed by atoms with E-state index in [0.717, 1.165) is 24.0 Å². The standard InChI is InChI=1S/C18H35N3/c1-2-21-13-10-15(11-14-21)20-18-9-4-3-7-16(18)17-8-5-6-12-19-17/h15-20H,2-14H2,1H3. The molecule has 1 saturated carbocycles. The van der Waals surface area contributed by atoms with Gasteiger partial charge in [-0.15, -0.1) is 0 Å². The summed E-state index contributed by atoms with van der Waals surface area (Å²) in [6.45, 7) is 7.37. The van der Waals surface area contributed by atoms with Crippen molar-refractivity contribution >= 4 is 0 Å². The molecule has 0 aromatic rings. The van der Waals surface area contributed by atoms with Crippen LogP contribution < -0.4 is 10.6 Å². The molecule has 2 heterocycles. The van der Waals surface area contributed by atoms with Crippen molar-refractivity contribution in [3.63, 3.8) is 0 Å². The molecule has 1 aliphatic carbocycles. The first-order valence-electron chi connectivity index (χ1n) is 9.58. The molecule has 0 amide bonds. The molecule has 3 atom stereocenters. The number of likely N-dealkylation sites (tertiary alicyclic amines) is 1. The van der Waals surface area contributed by atoms with Gasteiger partial charge in [-0.05, 0) is 70.6 Å². The lowest BCUT2D eigenvalue weighted by molar-refractivity contribution is 0.144. The molecule has 2 aliphatic heterocycles. The molecule has 21 heavy (non-hydrogen) atoms. The fourth-order valence-electron chi connectivity index (χ4n) is 4.81. The van der Waals surface area contributed by atoms with Crippen molar-refractivity contribution in [2.45, 2.75) is 82.8 Å². The smallest absolute Gasteiger partial charge is 0.0113 e. The summed E-state index contributed by atoms with van der Waals surface area (Å²) in [6.07, 6.45) is 12.7. The van der Waals surface area contributed by atoms with E-state index >= 15 is 0 Å². The molecule has 0 spiro atoms. The SMILES string of the molecule is CCN1CCC(NC2CCCCC2C2CCCCN2)CC1. The first-order chi connectivity index (χ1) is 10.4. The van der Waals surface area contributed by atoms with E-state index in [9.17, 15) is 0 Å². The van der Waals surface area contributed by atoms with E-state index in [-0.39, 0.29) is 0 Å². The third kappa shape index (κ3) is 4.20. The molecule has 3 heteroatoms. The summed E-state index contributed by atoms with van der Waals surface area (Å²) in [6, 6.07) is 2.36. The molecule has 0 aromatic carbocycles. The Morgan fingerprint density at radius 2 is 1.71 bits per heavy atom. The van der Waals surface area contributed by atoms with Crippen molar-refractivity contribution in [2.24, 2.45) is 5.92 Å². The third-order valence-electron chi connectivity index (χ3n) is 6.17. The van der Waals surface area contributed by atoms with Crippen LogP contribution >= 0.6 is 0 Å². The molecule has 122 valence electrons. The molecular weight excluding hydrogens is 258 g/mol. The molecule has 3 aliphatic rings. The van der Waals surface area contributed by atoms with Crippen LogP contribution in [-0.2, 0) is 0 Å². The molecule has 0 aromatic heterocycles. The average Bonchev–Trinajstić information content (AvgIpc) is 2.57. The van der Waals surface area contributed by atoms with E-state index in [1.54, 1.807) is 0 Å². The van der Waals surface area contributed by atoms with E-state index in [1.165, 1.54) is 84.0 Å². The number of rotatable bonds is 4. The molecular formula is C18H35N3. The summed E-state index contributed by atoms with van der Waals surface area (Å²) < 4.78 is 0. The lowest BCUT2D eigenvalue weighted by Crippen LogP contribution is -2.54. The number of hydrogen-bond donors (Lipinski definition) is 2. The Bertz CT molecular complexity index is 293. The summed E-state index contributed by atoms with van der Waals surface area (Å²) in [5, 5.41) is 7.91. The van der Waals surface area contributed by atoms with Crippen molar-refractivity contribution in [3.05, 3.63) is 0 Å². The first kappa shape index (κ1) is 15.8. The van der Waals surface area contributed by atoms with Gasteiger partial charge in [-0.25, -0.2) is 0 Å². The second-order valence-electron chi connectivity index (χ2n) is 7.49. The minimum Gasteiger partial charge on any atom is -0.314 e. The minimum atomic E-state index is 0.780. The lowest BCUT2D eigenvalue weighted by Gasteiger charge is -2.42. The van der Waals surface area contributed by atoms with Gasteiger partial charge in [0.05, 0.1) is 0 Å². The lowest BCUT2D eigenvalue weighted by atomic mass is 9.77. The van der Waals surface area contributed by atoms with Gasteiger partial charge in [0.2, 0.25) is 0 Å². The predicted octanol–water partition coefficient (Wildman–Crippen LogP) is 2.76. The Balaban J connectivity index is 1.52. The van der Waals surface area contributed by atoms with E-state index in [4.69, 9.17) is 0 Å². The zero-order valence-corrected chi connectivity index (χ0v) is 13.9. The number of nitrogens with zero attached hydrogens (tertiary/aromatic N) is 1. The molecule has 0 bridgehead atoms. The Hall–Kier alpha value is -0.120. The number of piperidine rings is 2. The second kappa shape index (κ2) is 7.94. The topological polar surface area (TPSA) is 27.3 Å². The van der Waals surface area contributed by atoms with Crippen molar-refractivity contribution in [1.82, 2.24) is 15.5 Å². The van der Waals surface area contributed by atoms with Crippen LogP contribution in [0.3, 0.4) is 0 Å². The molecule has 3 fully saturated rings. The van der Waals surface area contributed by atoms with E-state index in [0.29, 0.717) is 0 Å². The fourth-order valence-corrected chi connectivity index (χ4v) is 4.81. The number of hydrogen-bond acceptors (Lipinski definition) is 3. The van der Waals surface area contributed by atoms with Crippen LogP contribution in [0.15, 0.2) is 0 Å². The molecule has 2 N–H and O–H groups in total. The maximum absolute atomic E-state index is 4.08. The van der Waals surface area contributed by atoms with Crippen LogP contribution in [-0.4, -0.2) is 49.2 Å². The van der Waals surface area contributed by atoms with Gasteiger partial charge in [0.25, 0.3) is 0 Å². The monoisotopic (exact) mass is 293 g/mol. The molecule has 3 unspecified atom stereocenters. The van der Waals surface area contributed by atoms with Crippen molar-refractivity contribution in [2.75, 3.05) is 26.2 Å². The van der Waals surface area contributed by atoms with Crippen LogP contribution in [0.4, 0.5) is 0 Å². The Morgan fingerprint density at radius 1 is 0.952 bits per heavy atom. The van der Waals surface area contributed by atoms with Gasteiger partial charge < -0.3 is 15.5 Å². The van der Waals surface area contributed by atoms with Crippen LogP contribution in [0.1, 0.15) is 64.7 Å². The van der Waals surface area contributed by atoms with Crippen LogP contribution in [0.2, 0.25) is 0 Å². The molecule has 0 radical (unpaired) electrons. The highest BCUT2D eigenvalue weighted by atomic mass is 15.1. The van der Waals surface area contributed by atoms with Gasteiger partial charge in [0.15, 0.2) is 0 Å². The van der Waals surface area contributed by atoms with Gasteiger partial charge in [0.1, 0.15) is 0 Å². The Kier molecular flexibility index (Phi) is 5.96. The highest BCUT2D eigenvalue weighted by molar-refractivity contribution is 4.92. The highest BCUT2D eigenvalue weighted by Gasteiger charge is 2.33. The highest BCUT2D eigenvalue weighted by Crippen LogP contribution is 2.31. The van der Waals surface area contributed by atoms with Crippen molar-refractivity contribution < 1.29 is 0 Å². The molecule has 3 nitrogen and oxygen atoms in total. The van der Waals surface area contributed by atoms with Crippen molar-refractivity contribution in [3.8, 4) is 0 Å². The Labute approximate surface area is 131 Å². The average molecular weight is 293 g/mol. The van der Waals surface area contributed by atoms with Crippen LogP contribution in [0.5, 0.6) is 0 Å². The van der Waals surface area contributed by atoms with E-state index < -0.39 is 0 Å². The maximum Gasteiger partial charge on any atom is 0.0113 e.